The molecule has 0 unspecified atom stereocenters. The molecule has 8 aromatic carbocycles. The van der Waals surface area contributed by atoms with Crippen LogP contribution in [0.3, 0.4) is 0 Å². The zero-order chi connectivity index (χ0) is 38.2. The van der Waals surface area contributed by atoms with Crippen molar-refractivity contribution in [2.75, 3.05) is 0 Å². The van der Waals surface area contributed by atoms with Gasteiger partial charge in [0.05, 0.1) is 12.0 Å². The zero-order valence-corrected chi connectivity index (χ0v) is 30.9. The first-order valence-corrected chi connectivity index (χ1v) is 19.1. The zero-order valence-electron chi connectivity index (χ0n) is 30.9. The normalized spacial score (nSPS) is 12.3. The van der Waals surface area contributed by atoms with Crippen molar-refractivity contribution in [2.45, 2.75) is 5.41 Å². The Bertz CT molecular complexity index is 2880. The summed E-state index contributed by atoms with van der Waals surface area (Å²) in [6.07, 6.45) is 0. The predicted molar refractivity (Wildman–Crippen MR) is 231 cm³/mol. The summed E-state index contributed by atoms with van der Waals surface area (Å²) in [6.45, 7) is 7.93. The topological polar surface area (TPSA) is 43.0 Å². The predicted octanol–water partition coefficient (Wildman–Crippen LogP) is 13.1. The Labute approximate surface area is 332 Å². The van der Waals surface area contributed by atoms with E-state index in [0.717, 1.165) is 50.1 Å². The summed E-state index contributed by atoms with van der Waals surface area (Å²) in [5, 5.41) is 0. The molecule has 10 rings (SSSR count). The fraction of sp³-hybridized carbons (Fsp3) is 0.0189. The molecule has 4 heteroatoms. The van der Waals surface area contributed by atoms with Crippen LogP contribution in [0, 0.1) is 6.57 Å². The molecule has 1 aromatic heterocycles. The average molecular weight is 727 g/mol. The quantitative estimate of drug-likeness (QED) is 0.154. The molecular weight excluding hydrogens is 693 g/mol. The third-order valence-corrected chi connectivity index (χ3v) is 11.1. The Morgan fingerprint density at radius 3 is 1.32 bits per heavy atom. The maximum absolute atomic E-state index is 7.93. The van der Waals surface area contributed by atoms with Crippen molar-refractivity contribution in [1.82, 2.24) is 15.0 Å². The van der Waals surface area contributed by atoms with Crippen LogP contribution in [0.1, 0.15) is 22.3 Å². The highest BCUT2D eigenvalue weighted by Crippen LogP contribution is 2.58. The summed E-state index contributed by atoms with van der Waals surface area (Å²) in [5.74, 6) is 1.85. The lowest BCUT2D eigenvalue weighted by Gasteiger charge is -2.34. The Morgan fingerprint density at radius 2 is 0.789 bits per heavy atom. The van der Waals surface area contributed by atoms with E-state index in [2.05, 4.69) is 169 Å². The van der Waals surface area contributed by atoms with Crippen LogP contribution in [0.4, 0.5) is 5.69 Å². The smallest absolute Gasteiger partial charge is 0.187 e. The minimum Gasteiger partial charge on any atom is -0.238 e. The summed E-state index contributed by atoms with van der Waals surface area (Å²) < 4.78 is 0. The van der Waals surface area contributed by atoms with E-state index in [9.17, 15) is 0 Å². The molecule has 57 heavy (non-hydrogen) atoms. The van der Waals surface area contributed by atoms with Crippen molar-refractivity contribution in [3.05, 3.63) is 240 Å². The van der Waals surface area contributed by atoms with Gasteiger partial charge >= 0.3 is 0 Å². The van der Waals surface area contributed by atoms with Crippen LogP contribution in [-0.2, 0) is 5.41 Å². The number of fused-ring (bicyclic) bond motifs is 3. The maximum atomic E-state index is 7.93. The summed E-state index contributed by atoms with van der Waals surface area (Å²) in [7, 11) is 0. The maximum Gasteiger partial charge on any atom is 0.187 e. The van der Waals surface area contributed by atoms with E-state index in [1.165, 1.54) is 22.3 Å². The fourth-order valence-corrected chi connectivity index (χ4v) is 8.43. The molecule has 1 heterocycles. The molecule has 1 aliphatic rings. The van der Waals surface area contributed by atoms with Crippen LogP contribution in [0.5, 0.6) is 0 Å². The number of benzene rings is 8. The summed E-state index contributed by atoms with van der Waals surface area (Å²) >= 11 is 0. The highest BCUT2D eigenvalue weighted by molar-refractivity contribution is 5.96. The minimum absolute atomic E-state index is 0.557. The SMILES string of the molecule is [C-]#[N+]c1ccc2c(c1)-c1c(-c3ccc(-c4nc(-c5ccccc5)nc(-c5ccc(-c6ccccc6)cc5)n4)cc3)cccc1C2(c1ccccc1)c1ccccc1. The molecule has 0 bridgehead atoms. The second kappa shape index (κ2) is 14.2. The van der Waals surface area contributed by atoms with Gasteiger partial charge in [0, 0.05) is 16.7 Å². The summed E-state index contributed by atoms with van der Waals surface area (Å²) in [5.41, 5.74) is 14.3. The van der Waals surface area contributed by atoms with Gasteiger partial charge in [0.1, 0.15) is 0 Å². The van der Waals surface area contributed by atoms with E-state index in [1.54, 1.807) is 0 Å². The van der Waals surface area contributed by atoms with E-state index in [-0.39, 0.29) is 0 Å². The second-order valence-corrected chi connectivity index (χ2v) is 14.2. The van der Waals surface area contributed by atoms with Crippen molar-refractivity contribution in [2.24, 2.45) is 0 Å². The van der Waals surface area contributed by atoms with Crippen molar-refractivity contribution in [1.29, 1.82) is 0 Å². The largest absolute Gasteiger partial charge is 0.238 e. The molecule has 4 nitrogen and oxygen atoms in total. The third kappa shape index (κ3) is 5.82. The standard InChI is InChI=1S/C53H34N4/c1-54-44-33-34-47-46(35-44)49-45(23-14-24-48(49)53(47,42-19-10-4-11-20-42)43-21-12-5-13-22-43)38-27-31-41(32-28-38)52-56-50(39-17-8-3-9-18-39)55-51(57-52)40-29-25-37(26-30-40)36-15-6-2-7-16-36/h2-35H. The van der Waals surface area contributed by atoms with Gasteiger partial charge in [-0.05, 0) is 61.7 Å². The van der Waals surface area contributed by atoms with Crippen LogP contribution in [0.15, 0.2) is 206 Å². The van der Waals surface area contributed by atoms with Crippen LogP contribution in [0.2, 0.25) is 0 Å². The van der Waals surface area contributed by atoms with E-state index < -0.39 is 5.41 Å². The number of nitrogens with zero attached hydrogens (tertiary/aromatic N) is 4. The number of aromatic nitrogens is 3. The molecule has 0 aliphatic heterocycles. The van der Waals surface area contributed by atoms with Crippen molar-refractivity contribution >= 4 is 5.69 Å². The monoisotopic (exact) mass is 726 g/mol. The molecule has 1 aliphatic carbocycles. The van der Waals surface area contributed by atoms with Gasteiger partial charge in [-0.15, -0.1) is 0 Å². The van der Waals surface area contributed by atoms with Crippen LogP contribution in [0.25, 0.3) is 72.4 Å². The lowest BCUT2D eigenvalue weighted by atomic mass is 9.67. The van der Waals surface area contributed by atoms with Crippen LogP contribution < -0.4 is 0 Å². The highest BCUT2D eigenvalue weighted by Gasteiger charge is 2.46. The Balaban J connectivity index is 1.10. The molecule has 0 atom stereocenters. The Hall–Kier alpha value is -7.74. The molecule has 0 N–H and O–H groups in total. The van der Waals surface area contributed by atoms with Gasteiger partial charge in [-0.25, -0.2) is 19.8 Å². The molecule has 0 fully saturated rings. The number of rotatable bonds is 7. The molecule has 0 saturated carbocycles. The van der Waals surface area contributed by atoms with Gasteiger partial charge < -0.3 is 0 Å². The van der Waals surface area contributed by atoms with Crippen molar-refractivity contribution < 1.29 is 0 Å². The van der Waals surface area contributed by atoms with Gasteiger partial charge in [-0.1, -0.05) is 200 Å². The van der Waals surface area contributed by atoms with E-state index in [0.29, 0.717) is 23.2 Å². The van der Waals surface area contributed by atoms with Crippen LogP contribution >= 0.6 is 0 Å². The van der Waals surface area contributed by atoms with Gasteiger partial charge in [-0.2, -0.15) is 0 Å². The number of hydrogen-bond acceptors (Lipinski definition) is 3. The Morgan fingerprint density at radius 1 is 0.351 bits per heavy atom. The van der Waals surface area contributed by atoms with Gasteiger partial charge in [0.15, 0.2) is 23.2 Å². The summed E-state index contributed by atoms with van der Waals surface area (Å²) in [4.78, 5) is 18.9. The van der Waals surface area contributed by atoms with Crippen LogP contribution in [-0.4, -0.2) is 15.0 Å². The molecule has 9 aromatic rings. The first kappa shape index (κ1) is 33.8. The average Bonchev–Trinajstić information content (AvgIpc) is 3.60. The first-order chi connectivity index (χ1) is 28.2. The lowest BCUT2D eigenvalue weighted by molar-refractivity contribution is 0.769. The molecule has 0 amide bonds. The van der Waals surface area contributed by atoms with E-state index in [4.69, 9.17) is 21.5 Å². The minimum atomic E-state index is -0.557. The molecule has 0 radical (unpaired) electrons. The first-order valence-electron chi connectivity index (χ1n) is 19.1. The number of hydrogen-bond donors (Lipinski definition) is 0. The second-order valence-electron chi connectivity index (χ2n) is 14.2. The van der Waals surface area contributed by atoms with Crippen molar-refractivity contribution in [3.8, 4) is 67.5 Å². The van der Waals surface area contributed by atoms with Gasteiger partial charge in [-0.3, -0.25) is 0 Å². The van der Waals surface area contributed by atoms with E-state index in [1.807, 2.05) is 42.5 Å². The molecule has 0 saturated heterocycles. The Kier molecular flexibility index (Phi) is 8.39. The van der Waals surface area contributed by atoms with Gasteiger partial charge in [0.25, 0.3) is 0 Å². The highest BCUT2D eigenvalue weighted by atomic mass is 15.0. The molecule has 0 spiro atoms. The van der Waals surface area contributed by atoms with E-state index >= 15 is 0 Å². The fourth-order valence-electron chi connectivity index (χ4n) is 8.43. The van der Waals surface area contributed by atoms with Gasteiger partial charge in [0.2, 0.25) is 0 Å². The lowest BCUT2D eigenvalue weighted by Crippen LogP contribution is -2.28. The van der Waals surface area contributed by atoms with Crippen molar-refractivity contribution in [3.63, 3.8) is 0 Å². The molecular formula is C53H34N4. The molecule has 266 valence electrons. The summed E-state index contributed by atoms with van der Waals surface area (Å²) in [6, 6.07) is 71.6. The third-order valence-electron chi connectivity index (χ3n) is 11.1.